The molecule has 0 radical (unpaired) electrons. The second-order valence-electron chi connectivity index (χ2n) is 7.13. The standard InChI is InChI=1S/C17H27N3O4S/c1-12(20-16(22)10-17(2,3)9-15(18)21)11-19-13-6-5-7-14(8-13)25(4,23)24/h5-8,12,19H,9-11H2,1-4H3,(H2,18,21)(H,20,22)/t12-/m0/s1. The van der Waals surface area contributed by atoms with Gasteiger partial charge in [0, 0.05) is 37.4 Å². The van der Waals surface area contributed by atoms with Crippen molar-refractivity contribution in [1.29, 1.82) is 0 Å². The van der Waals surface area contributed by atoms with Gasteiger partial charge in [-0.15, -0.1) is 0 Å². The highest BCUT2D eigenvalue weighted by Gasteiger charge is 2.24. The second-order valence-corrected chi connectivity index (χ2v) is 9.15. The minimum absolute atomic E-state index is 0.144. The molecule has 8 heteroatoms. The van der Waals surface area contributed by atoms with E-state index in [-0.39, 0.29) is 29.7 Å². The lowest BCUT2D eigenvalue weighted by molar-refractivity contribution is -0.125. The van der Waals surface area contributed by atoms with Gasteiger partial charge in [-0.1, -0.05) is 19.9 Å². The number of hydrogen-bond acceptors (Lipinski definition) is 5. The fourth-order valence-electron chi connectivity index (χ4n) is 2.45. The van der Waals surface area contributed by atoms with E-state index in [4.69, 9.17) is 5.73 Å². The quantitative estimate of drug-likeness (QED) is 0.606. The van der Waals surface area contributed by atoms with Crippen molar-refractivity contribution in [2.24, 2.45) is 11.1 Å². The molecular weight excluding hydrogens is 342 g/mol. The number of sulfone groups is 1. The molecule has 25 heavy (non-hydrogen) atoms. The van der Waals surface area contributed by atoms with Crippen LogP contribution in [-0.2, 0) is 19.4 Å². The van der Waals surface area contributed by atoms with Crippen molar-refractivity contribution >= 4 is 27.3 Å². The molecule has 1 rings (SSSR count). The topological polar surface area (TPSA) is 118 Å². The molecule has 0 saturated heterocycles. The molecule has 0 spiro atoms. The lowest BCUT2D eigenvalue weighted by Crippen LogP contribution is -2.39. The van der Waals surface area contributed by atoms with E-state index in [1.165, 1.54) is 6.07 Å². The predicted octanol–water partition coefficient (Wildman–Crippen LogP) is 1.30. The maximum atomic E-state index is 12.1. The Morgan fingerprint density at radius 3 is 2.44 bits per heavy atom. The Hall–Kier alpha value is -2.09. The Morgan fingerprint density at radius 2 is 1.88 bits per heavy atom. The van der Waals surface area contributed by atoms with Crippen molar-refractivity contribution in [1.82, 2.24) is 5.32 Å². The Bertz CT molecular complexity index is 729. The number of rotatable bonds is 9. The van der Waals surface area contributed by atoms with E-state index in [1.807, 2.05) is 20.8 Å². The van der Waals surface area contributed by atoms with Crippen molar-refractivity contribution in [3.63, 3.8) is 0 Å². The number of hydrogen-bond donors (Lipinski definition) is 3. The van der Waals surface area contributed by atoms with Crippen LogP contribution in [0.25, 0.3) is 0 Å². The van der Waals surface area contributed by atoms with Crippen molar-refractivity contribution in [2.75, 3.05) is 18.1 Å². The van der Waals surface area contributed by atoms with Crippen LogP contribution in [0, 0.1) is 5.41 Å². The van der Waals surface area contributed by atoms with Gasteiger partial charge in [-0.05, 0) is 30.5 Å². The molecule has 1 aromatic rings. The highest BCUT2D eigenvalue weighted by molar-refractivity contribution is 7.90. The van der Waals surface area contributed by atoms with Gasteiger partial charge in [0.15, 0.2) is 9.84 Å². The molecule has 140 valence electrons. The summed E-state index contributed by atoms with van der Waals surface area (Å²) in [4.78, 5) is 23.3. The van der Waals surface area contributed by atoms with Gasteiger partial charge in [-0.25, -0.2) is 8.42 Å². The van der Waals surface area contributed by atoms with Gasteiger partial charge in [0.25, 0.3) is 0 Å². The van der Waals surface area contributed by atoms with E-state index >= 15 is 0 Å². The molecule has 0 aliphatic heterocycles. The summed E-state index contributed by atoms with van der Waals surface area (Å²) < 4.78 is 23.1. The summed E-state index contributed by atoms with van der Waals surface area (Å²) in [5.41, 5.74) is 5.36. The molecule has 0 unspecified atom stereocenters. The first-order valence-corrected chi connectivity index (χ1v) is 9.90. The number of amides is 2. The fourth-order valence-corrected chi connectivity index (χ4v) is 3.12. The second kappa shape index (κ2) is 8.33. The zero-order chi connectivity index (χ0) is 19.3. The summed E-state index contributed by atoms with van der Waals surface area (Å²) >= 11 is 0. The normalized spacial score (nSPS) is 13.1. The van der Waals surface area contributed by atoms with Gasteiger partial charge >= 0.3 is 0 Å². The molecule has 0 saturated carbocycles. The number of anilines is 1. The molecule has 0 heterocycles. The summed E-state index contributed by atoms with van der Waals surface area (Å²) in [7, 11) is -3.26. The van der Waals surface area contributed by atoms with Crippen LogP contribution >= 0.6 is 0 Å². The Kier molecular flexibility index (Phi) is 6.98. The molecule has 0 aliphatic rings. The average Bonchev–Trinajstić information content (AvgIpc) is 2.42. The van der Waals surface area contributed by atoms with E-state index in [0.717, 1.165) is 6.26 Å². The molecule has 0 fully saturated rings. The number of primary amides is 1. The van der Waals surface area contributed by atoms with E-state index < -0.39 is 21.2 Å². The highest BCUT2D eigenvalue weighted by atomic mass is 32.2. The number of benzene rings is 1. The van der Waals surface area contributed by atoms with Gasteiger partial charge in [0.1, 0.15) is 0 Å². The lowest BCUT2D eigenvalue weighted by Gasteiger charge is -2.23. The third kappa shape index (κ3) is 8.02. The first-order valence-electron chi connectivity index (χ1n) is 8.01. The molecule has 0 bridgehead atoms. The number of carbonyl (C=O) groups excluding carboxylic acids is 2. The van der Waals surface area contributed by atoms with E-state index in [9.17, 15) is 18.0 Å². The Morgan fingerprint density at radius 1 is 1.24 bits per heavy atom. The largest absolute Gasteiger partial charge is 0.383 e. The van der Waals surface area contributed by atoms with Gasteiger partial charge < -0.3 is 16.4 Å². The predicted molar refractivity (Wildman–Crippen MR) is 97.9 cm³/mol. The number of nitrogens with one attached hydrogen (secondary N) is 2. The molecule has 2 amide bonds. The Labute approximate surface area is 149 Å². The zero-order valence-electron chi connectivity index (χ0n) is 15.1. The van der Waals surface area contributed by atoms with E-state index in [2.05, 4.69) is 10.6 Å². The summed E-state index contributed by atoms with van der Waals surface area (Å²) in [5, 5.41) is 5.96. The van der Waals surface area contributed by atoms with Gasteiger partial charge in [0.2, 0.25) is 11.8 Å². The first-order chi connectivity index (χ1) is 11.4. The first kappa shape index (κ1) is 21.0. The molecule has 4 N–H and O–H groups in total. The van der Waals surface area contributed by atoms with Gasteiger partial charge in [0.05, 0.1) is 4.90 Å². The highest BCUT2D eigenvalue weighted by Crippen LogP contribution is 2.24. The van der Waals surface area contributed by atoms with Crippen LogP contribution in [0.15, 0.2) is 29.2 Å². The van der Waals surface area contributed by atoms with Crippen LogP contribution in [0.5, 0.6) is 0 Å². The maximum absolute atomic E-state index is 12.1. The van der Waals surface area contributed by atoms with Crippen LogP contribution in [0.1, 0.15) is 33.6 Å². The van der Waals surface area contributed by atoms with Gasteiger partial charge in [-0.3, -0.25) is 9.59 Å². The summed E-state index contributed by atoms with van der Waals surface area (Å²) in [6.07, 6.45) is 1.50. The number of carbonyl (C=O) groups is 2. The molecule has 7 nitrogen and oxygen atoms in total. The minimum Gasteiger partial charge on any atom is -0.383 e. The van der Waals surface area contributed by atoms with Crippen LogP contribution in [0.3, 0.4) is 0 Å². The molecule has 1 atom stereocenters. The lowest BCUT2D eigenvalue weighted by atomic mass is 9.85. The smallest absolute Gasteiger partial charge is 0.220 e. The monoisotopic (exact) mass is 369 g/mol. The van der Waals surface area contributed by atoms with Crippen LogP contribution in [0.4, 0.5) is 5.69 Å². The van der Waals surface area contributed by atoms with Crippen molar-refractivity contribution < 1.29 is 18.0 Å². The third-order valence-corrected chi connectivity index (χ3v) is 4.68. The van der Waals surface area contributed by atoms with E-state index in [0.29, 0.717) is 12.2 Å². The molecule has 1 aromatic carbocycles. The Balaban J connectivity index is 2.54. The van der Waals surface area contributed by atoms with Crippen LogP contribution in [0.2, 0.25) is 0 Å². The van der Waals surface area contributed by atoms with Crippen LogP contribution in [-0.4, -0.2) is 39.1 Å². The SMILES string of the molecule is C[C@@H](CNc1cccc(S(C)(=O)=O)c1)NC(=O)CC(C)(C)CC(N)=O. The van der Waals surface area contributed by atoms with Gasteiger partial charge in [-0.2, -0.15) is 0 Å². The van der Waals surface area contributed by atoms with Crippen molar-refractivity contribution in [2.45, 2.75) is 44.6 Å². The zero-order valence-corrected chi connectivity index (χ0v) is 15.9. The average molecular weight is 369 g/mol. The molecule has 0 aliphatic carbocycles. The third-order valence-electron chi connectivity index (χ3n) is 3.57. The summed E-state index contributed by atoms with van der Waals surface area (Å²) in [6, 6.07) is 6.35. The summed E-state index contributed by atoms with van der Waals surface area (Å²) in [5.74, 6) is -0.594. The molecular formula is C17H27N3O4S. The number of nitrogens with two attached hydrogens (primary N) is 1. The van der Waals surface area contributed by atoms with Crippen molar-refractivity contribution in [3.8, 4) is 0 Å². The fraction of sp³-hybridized carbons (Fsp3) is 0.529. The van der Waals surface area contributed by atoms with Crippen molar-refractivity contribution in [3.05, 3.63) is 24.3 Å². The maximum Gasteiger partial charge on any atom is 0.220 e. The minimum atomic E-state index is -3.26. The van der Waals surface area contributed by atoms with Crippen LogP contribution < -0.4 is 16.4 Å². The summed E-state index contributed by atoms with van der Waals surface area (Å²) in [6.45, 7) is 5.91. The molecule has 0 aromatic heterocycles. The van der Waals surface area contributed by atoms with E-state index in [1.54, 1.807) is 18.2 Å².